The summed E-state index contributed by atoms with van der Waals surface area (Å²) in [5, 5.41) is 1.15. The summed E-state index contributed by atoms with van der Waals surface area (Å²) in [4.78, 5) is 4.71. The third-order valence-corrected chi connectivity index (χ3v) is 3.33. The summed E-state index contributed by atoms with van der Waals surface area (Å²) < 4.78 is 5.44. The van der Waals surface area contributed by atoms with E-state index in [-0.39, 0.29) is 5.92 Å². The van der Waals surface area contributed by atoms with Gasteiger partial charge in [-0.25, -0.2) is 4.98 Å². The molecule has 0 saturated heterocycles. The van der Waals surface area contributed by atoms with Crippen LogP contribution in [0.25, 0.3) is 10.9 Å². The Kier molecular flexibility index (Phi) is 3.53. The van der Waals surface area contributed by atoms with Crippen molar-refractivity contribution in [2.24, 2.45) is 5.73 Å². The number of hydrogen-bond donors (Lipinski definition) is 1. The molecular formula is C15H20N2O. The van der Waals surface area contributed by atoms with Crippen LogP contribution >= 0.6 is 0 Å². The van der Waals surface area contributed by atoms with E-state index in [1.807, 2.05) is 6.07 Å². The van der Waals surface area contributed by atoms with Crippen molar-refractivity contribution in [1.82, 2.24) is 4.98 Å². The van der Waals surface area contributed by atoms with E-state index >= 15 is 0 Å². The summed E-state index contributed by atoms with van der Waals surface area (Å²) in [7, 11) is 1.68. The van der Waals surface area contributed by atoms with Gasteiger partial charge in [-0.3, -0.25) is 0 Å². The molecule has 3 heteroatoms. The normalized spacial score (nSPS) is 12.7. The second-order valence-corrected chi connectivity index (χ2v) is 4.86. The second kappa shape index (κ2) is 4.94. The quantitative estimate of drug-likeness (QED) is 0.903. The smallest absolute Gasteiger partial charge is 0.145 e. The number of methoxy groups -OCH3 is 1. The van der Waals surface area contributed by atoms with Gasteiger partial charge in [-0.1, -0.05) is 6.92 Å². The van der Waals surface area contributed by atoms with Gasteiger partial charge in [0.15, 0.2) is 0 Å². The van der Waals surface area contributed by atoms with Gasteiger partial charge in [0.25, 0.3) is 0 Å². The Balaban J connectivity index is 2.74. The number of aryl methyl sites for hydroxylation is 2. The van der Waals surface area contributed by atoms with Crippen LogP contribution in [0, 0.1) is 13.8 Å². The van der Waals surface area contributed by atoms with Crippen LogP contribution in [0.4, 0.5) is 0 Å². The van der Waals surface area contributed by atoms with E-state index in [0.29, 0.717) is 6.54 Å². The molecule has 0 fully saturated rings. The monoisotopic (exact) mass is 244 g/mol. The molecule has 18 heavy (non-hydrogen) atoms. The molecule has 2 N–H and O–H groups in total. The highest BCUT2D eigenvalue weighted by Crippen LogP contribution is 2.29. The van der Waals surface area contributed by atoms with E-state index in [0.717, 1.165) is 22.3 Å². The fourth-order valence-corrected chi connectivity index (χ4v) is 2.15. The fourth-order valence-electron chi connectivity index (χ4n) is 2.15. The average molecular weight is 244 g/mol. The topological polar surface area (TPSA) is 48.1 Å². The van der Waals surface area contributed by atoms with Crippen molar-refractivity contribution < 1.29 is 4.74 Å². The largest absolute Gasteiger partial charge is 0.494 e. The zero-order valence-electron chi connectivity index (χ0n) is 11.4. The van der Waals surface area contributed by atoms with Crippen LogP contribution < -0.4 is 10.5 Å². The van der Waals surface area contributed by atoms with Crippen LogP contribution in [-0.4, -0.2) is 18.6 Å². The minimum Gasteiger partial charge on any atom is -0.494 e. The van der Waals surface area contributed by atoms with Gasteiger partial charge in [-0.15, -0.1) is 0 Å². The zero-order valence-corrected chi connectivity index (χ0v) is 11.4. The van der Waals surface area contributed by atoms with E-state index < -0.39 is 0 Å². The van der Waals surface area contributed by atoms with Crippen LogP contribution in [-0.2, 0) is 0 Å². The van der Waals surface area contributed by atoms with Crippen molar-refractivity contribution in [2.45, 2.75) is 26.7 Å². The highest BCUT2D eigenvalue weighted by Gasteiger charge is 2.12. The van der Waals surface area contributed by atoms with Gasteiger partial charge in [0.05, 0.1) is 7.11 Å². The maximum Gasteiger partial charge on any atom is 0.145 e. The van der Waals surface area contributed by atoms with E-state index in [4.69, 9.17) is 15.5 Å². The van der Waals surface area contributed by atoms with E-state index in [1.165, 1.54) is 11.1 Å². The summed E-state index contributed by atoms with van der Waals surface area (Å²) in [5.74, 6) is 1.10. The molecule has 3 nitrogen and oxygen atoms in total. The maximum atomic E-state index is 5.72. The lowest BCUT2D eigenvalue weighted by Gasteiger charge is -2.14. The Morgan fingerprint density at radius 2 is 2.00 bits per heavy atom. The molecule has 0 aliphatic rings. The average Bonchev–Trinajstić information content (AvgIpc) is 2.37. The van der Waals surface area contributed by atoms with Crippen LogP contribution in [0.2, 0.25) is 0 Å². The van der Waals surface area contributed by atoms with Crippen molar-refractivity contribution in [3.8, 4) is 5.75 Å². The third-order valence-electron chi connectivity index (χ3n) is 3.33. The maximum absolute atomic E-state index is 5.72. The first kappa shape index (κ1) is 12.8. The summed E-state index contributed by atoms with van der Waals surface area (Å²) in [5.41, 5.74) is 10.1. The summed E-state index contributed by atoms with van der Waals surface area (Å²) in [6, 6.07) is 6.29. The Morgan fingerprint density at radius 1 is 1.28 bits per heavy atom. The molecule has 1 aromatic carbocycles. The van der Waals surface area contributed by atoms with Gasteiger partial charge in [-0.2, -0.15) is 0 Å². The minimum absolute atomic E-state index is 0.263. The molecule has 0 bridgehead atoms. The highest BCUT2D eigenvalue weighted by molar-refractivity contribution is 5.88. The van der Waals surface area contributed by atoms with Crippen molar-refractivity contribution >= 4 is 10.9 Å². The number of benzene rings is 1. The summed E-state index contributed by atoms with van der Waals surface area (Å²) in [6.07, 6.45) is 0. The van der Waals surface area contributed by atoms with Crippen LogP contribution in [0.5, 0.6) is 5.75 Å². The van der Waals surface area contributed by atoms with Gasteiger partial charge in [-0.05, 0) is 43.2 Å². The van der Waals surface area contributed by atoms with Gasteiger partial charge < -0.3 is 10.5 Å². The highest BCUT2D eigenvalue weighted by atomic mass is 16.5. The predicted molar refractivity (Wildman–Crippen MR) is 75.2 cm³/mol. The number of hydrogen-bond acceptors (Lipinski definition) is 3. The first-order valence-corrected chi connectivity index (χ1v) is 6.22. The van der Waals surface area contributed by atoms with E-state index in [1.54, 1.807) is 7.11 Å². The van der Waals surface area contributed by atoms with Crippen molar-refractivity contribution in [3.05, 3.63) is 35.0 Å². The molecule has 0 spiro atoms. The van der Waals surface area contributed by atoms with Crippen LogP contribution in [0.15, 0.2) is 18.2 Å². The Morgan fingerprint density at radius 3 is 2.61 bits per heavy atom. The number of ether oxygens (including phenoxy) is 1. The van der Waals surface area contributed by atoms with Crippen LogP contribution in [0.3, 0.4) is 0 Å². The predicted octanol–water partition coefficient (Wildman–Crippen LogP) is 2.92. The molecular weight excluding hydrogens is 224 g/mol. The van der Waals surface area contributed by atoms with Gasteiger partial charge in [0.2, 0.25) is 0 Å². The number of pyridine rings is 1. The molecule has 1 heterocycles. The number of rotatable bonds is 3. The molecule has 96 valence electrons. The first-order chi connectivity index (χ1) is 8.56. The number of aromatic nitrogens is 1. The second-order valence-electron chi connectivity index (χ2n) is 4.86. The van der Waals surface area contributed by atoms with Crippen molar-refractivity contribution in [1.29, 1.82) is 0 Å². The molecule has 1 atom stereocenters. The van der Waals surface area contributed by atoms with E-state index in [2.05, 4.69) is 32.9 Å². The molecule has 0 saturated carbocycles. The Bertz CT molecular complexity index is 578. The molecule has 0 aliphatic heterocycles. The number of fused-ring (bicyclic) bond motifs is 1. The Hall–Kier alpha value is -1.61. The first-order valence-electron chi connectivity index (χ1n) is 6.22. The van der Waals surface area contributed by atoms with Crippen LogP contribution in [0.1, 0.15) is 29.7 Å². The molecule has 0 aliphatic carbocycles. The lowest BCUT2D eigenvalue weighted by molar-refractivity contribution is 0.418. The number of nitrogens with zero attached hydrogens (tertiary/aromatic N) is 1. The molecule has 2 aromatic rings. The van der Waals surface area contributed by atoms with Crippen molar-refractivity contribution in [3.63, 3.8) is 0 Å². The van der Waals surface area contributed by atoms with Crippen molar-refractivity contribution in [2.75, 3.05) is 13.7 Å². The number of nitrogens with two attached hydrogens (primary N) is 1. The Labute approximate surface area is 108 Å². The van der Waals surface area contributed by atoms with Gasteiger partial charge in [0, 0.05) is 23.5 Å². The zero-order chi connectivity index (χ0) is 13.3. The third kappa shape index (κ3) is 2.18. The standard InChI is InChI=1S/C15H20N2O/c1-9-5-12-10(2)7-13(11(3)8-16)17-15(12)14(6-9)18-4/h5-7,11H,8,16H2,1-4H3. The molecule has 1 unspecified atom stereocenters. The van der Waals surface area contributed by atoms with E-state index in [9.17, 15) is 0 Å². The fraction of sp³-hybridized carbons (Fsp3) is 0.400. The lowest BCUT2D eigenvalue weighted by atomic mass is 10.0. The molecule has 2 rings (SSSR count). The summed E-state index contributed by atoms with van der Waals surface area (Å²) in [6.45, 7) is 6.87. The summed E-state index contributed by atoms with van der Waals surface area (Å²) >= 11 is 0. The van der Waals surface area contributed by atoms with Gasteiger partial charge >= 0.3 is 0 Å². The minimum atomic E-state index is 0.263. The molecule has 0 amide bonds. The van der Waals surface area contributed by atoms with Gasteiger partial charge in [0.1, 0.15) is 11.3 Å². The lowest BCUT2D eigenvalue weighted by Crippen LogP contribution is -2.11. The molecule has 0 radical (unpaired) electrons. The molecule has 1 aromatic heterocycles. The SMILES string of the molecule is COc1cc(C)cc2c(C)cc(C(C)CN)nc12.